The number of benzene rings is 3. The van der Waals surface area contributed by atoms with Crippen LogP contribution in [0.25, 0.3) is 11.1 Å². The van der Waals surface area contributed by atoms with Crippen LogP contribution in [0, 0.1) is 0 Å². The van der Waals surface area contributed by atoms with Gasteiger partial charge in [-0.3, -0.25) is 9.78 Å². The summed E-state index contributed by atoms with van der Waals surface area (Å²) in [4.78, 5) is 31.0. The summed E-state index contributed by atoms with van der Waals surface area (Å²) >= 11 is 0. The number of aromatic nitrogens is 1. The van der Waals surface area contributed by atoms with Gasteiger partial charge in [0.1, 0.15) is 11.9 Å². The zero-order chi connectivity index (χ0) is 25.6. The molecule has 186 valence electrons. The van der Waals surface area contributed by atoms with E-state index in [9.17, 15) is 9.59 Å². The summed E-state index contributed by atoms with van der Waals surface area (Å²) in [6, 6.07) is 26.6. The molecular formula is C30H27N3O4. The Bertz CT molecular complexity index is 1370. The number of hydrogen-bond donors (Lipinski definition) is 1. The van der Waals surface area contributed by atoms with Gasteiger partial charge in [0.2, 0.25) is 5.91 Å². The zero-order valence-corrected chi connectivity index (χ0v) is 20.5. The Morgan fingerprint density at radius 1 is 0.946 bits per heavy atom. The first kappa shape index (κ1) is 24.1. The van der Waals surface area contributed by atoms with Crippen molar-refractivity contribution in [2.45, 2.75) is 12.5 Å². The van der Waals surface area contributed by atoms with Crippen LogP contribution in [0.1, 0.15) is 15.9 Å². The second kappa shape index (κ2) is 11.0. The standard InChI is InChI=1S/C30H27N3O4/c1-36-30(35)26-10-5-11-27(29(26)22-8-3-2-4-9-22)33-19-25(20-33)37-24-14-12-23(13-15-24)32-28(34)17-21-7-6-16-31-18-21/h2-16,18,25H,17,19-20H2,1H3,(H,32,34). The molecule has 4 aromatic rings. The normalized spacial score (nSPS) is 12.9. The first-order chi connectivity index (χ1) is 18.1. The van der Waals surface area contributed by atoms with Gasteiger partial charge >= 0.3 is 5.97 Å². The lowest BCUT2D eigenvalue weighted by Crippen LogP contribution is -2.54. The van der Waals surface area contributed by atoms with Gasteiger partial charge in [-0.15, -0.1) is 0 Å². The average Bonchev–Trinajstić information content (AvgIpc) is 2.91. The summed E-state index contributed by atoms with van der Waals surface area (Å²) in [5.41, 5.74) is 4.91. The number of hydrogen-bond acceptors (Lipinski definition) is 6. The van der Waals surface area contributed by atoms with E-state index >= 15 is 0 Å². The van der Waals surface area contributed by atoms with Crippen LogP contribution in [-0.4, -0.2) is 43.2 Å². The van der Waals surface area contributed by atoms with Crippen molar-refractivity contribution in [1.29, 1.82) is 0 Å². The maximum atomic E-state index is 12.5. The number of esters is 1. The van der Waals surface area contributed by atoms with Gasteiger partial charge < -0.3 is 19.7 Å². The van der Waals surface area contributed by atoms with Crippen LogP contribution in [0.5, 0.6) is 5.75 Å². The highest BCUT2D eigenvalue weighted by molar-refractivity contribution is 6.01. The van der Waals surface area contributed by atoms with Gasteiger partial charge in [0.05, 0.1) is 32.2 Å². The predicted molar refractivity (Wildman–Crippen MR) is 143 cm³/mol. The highest BCUT2D eigenvalue weighted by atomic mass is 16.5. The number of anilines is 2. The van der Waals surface area contributed by atoms with E-state index < -0.39 is 0 Å². The van der Waals surface area contributed by atoms with E-state index in [1.54, 1.807) is 18.5 Å². The molecular weight excluding hydrogens is 466 g/mol. The molecule has 1 amide bonds. The Balaban J connectivity index is 1.21. The minimum absolute atomic E-state index is 0.0106. The van der Waals surface area contributed by atoms with Gasteiger partial charge in [0.15, 0.2) is 0 Å². The van der Waals surface area contributed by atoms with Crippen LogP contribution < -0.4 is 15.0 Å². The summed E-state index contributed by atoms with van der Waals surface area (Å²) in [5, 5.41) is 2.90. The Morgan fingerprint density at radius 2 is 1.73 bits per heavy atom. The summed E-state index contributed by atoms with van der Waals surface area (Å²) in [5.74, 6) is 0.280. The van der Waals surface area contributed by atoms with Crippen LogP contribution in [0.2, 0.25) is 0 Å². The van der Waals surface area contributed by atoms with Gasteiger partial charge in [-0.25, -0.2) is 4.79 Å². The van der Waals surface area contributed by atoms with Crippen LogP contribution in [0.3, 0.4) is 0 Å². The third-order valence-corrected chi connectivity index (χ3v) is 6.23. The molecule has 37 heavy (non-hydrogen) atoms. The van der Waals surface area contributed by atoms with Crippen molar-refractivity contribution in [2.24, 2.45) is 0 Å². The van der Waals surface area contributed by atoms with Crippen molar-refractivity contribution < 1.29 is 19.1 Å². The first-order valence-corrected chi connectivity index (χ1v) is 12.1. The number of amides is 1. The van der Waals surface area contributed by atoms with E-state index in [0.717, 1.165) is 28.1 Å². The lowest BCUT2D eigenvalue weighted by Gasteiger charge is -2.41. The second-order valence-electron chi connectivity index (χ2n) is 8.81. The zero-order valence-electron chi connectivity index (χ0n) is 20.5. The molecule has 0 bridgehead atoms. The molecule has 7 heteroatoms. The SMILES string of the molecule is COC(=O)c1cccc(N2CC(Oc3ccc(NC(=O)Cc4cccnc4)cc3)C2)c1-c1ccccc1. The molecule has 1 N–H and O–H groups in total. The molecule has 2 heterocycles. The molecule has 0 radical (unpaired) electrons. The Hall–Kier alpha value is -4.65. The van der Waals surface area contributed by atoms with E-state index in [2.05, 4.69) is 15.2 Å². The number of carbonyl (C=O) groups is 2. The molecule has 1 aromatic heterocycles. The maximum absolute atomic E-state index is 12.5. The lowest BCUT2D eigenvalue weighted by molar-refractivity contribution is -0.115. The van der Waals surface area contributed by atoms with Gasteiger partial charge in [0.25, 0.3) is 0 Å². The van der Waals surface area contributed by atoms with Crippen molar-refractivity contribution in [3.05, 3.63) is 108 Å². The summed E-state index contributed by atoms with van der Waals surface area (Å²) < 4.78 is 11.2. The van der Waals surface area contributed by atoms with E-state index in [1.165, 1.54) is 7.11 Å². The number of nitrogens with one attached hydrogen (secondary N) is 1. The van der Waals surface area contributed by atoms with Crippen molar-refractivity contribution >= 4 is 23.3 Å². The Labute approximate surface area is 215 Å². The van der Waals surface area contributed by atoms with Gasteiger partial charge in [0, 0.05) is 29.3 Å². The van der Waals surface area contributed by atoms with Crippen molar-refractivity contribution in [2.75, 3.05) is 30.4 Å². The maximum Gasteiger partial charge on any atom is 0.338 e. The number of nitrogens with zero attached hydrogens (tertiary/aromatic N) is 2. The number of rotatable bonds is 8. The van der Waals surface area contributed by atoms with E-state index in [-0.39, 0.29) is 24.4 Å². The summed E-state index contributed by atoms with van der Waals surface area (Å²) in [6.45, 7) is 1.38. The molecule has 0 aliphatic carbocycles. The van der Waals surface area contributed by atoms with E-state index in [1.807, 2.05) is 78.9 Å². The minimum atomic E-state index is -0.360. The number of pyridine rings is 1. The molecule has 7 nitrogen and oxygen atoms in total. The van der Waals surface area contributed by atoms with Crippen molar-refractivity contribution in [1.82, 2.24) is 4.98 Å². The Kier molecular flexibility index (Phi) is 7.12. The predicted octanol–water partition coefficient (Wildman–Crippen LogP) is 4.98. The van der Waals surface area contributed by atoms with Gasteiger partial charge in [-0.05, 0) is 53.6 Å². The van der Waals surface area contributed by atoms with Gasteiger partial charge in [-0.2, -0.15) is 0 Å². The third kappa shape index (κ3) is 5.62. The average molecular weight is 494 g/mol. The Morgan fingerprint density at radius 3 is 2.43 bits per heavy atom. The molecule has 1 aliphatic heterocycles. The van der Waals surface area contributed by atoms with Crippen molar-refractivity contribution in [3.63, 3.8) is 0 Å². The fraction of sp³-hybridized carbons (Fsp3) is 0.167. The molecule has 1 fully saturated rings. The van der Waals surface area contributed by atoms with Crippen LogP contribution >= 0.6 is 0 Å². The van der Waals surface area contributed by atoms with E-state index in [0.29, 0.717) is 24.3 Å². The number of ether oxygens (including phenoxy) is 2. The van der Waals surface area contributed by atoms with Crippen LogP contribution in [0.15, 0.2) is 97.3 Å². The second-order valence-corrected chi connectivity index (χ2v) is 8.81. The molecule has 0 spiro atoms. The largest absolute Gasteiger partial charge is 0.487 e. The molecule has 3 aromatic carbocycles. The fourth-order valence-corrected chi connectivity index (χ4v) is 4.40. The molecule has 0 saturated carbocycles. The highest BCUT2D eigenvalue weighted by Crippen LogP contribution is 2.37. The molecule has 5 rings (SSSR count). The first-order valence-electron chi connectivity index (χ1n) is 12.1. The summed E-state index contributed by atoms with van der Waals surface area (Å²) in [6.07, 6.45) is 3.65. The highest BCUT2D eigenvalue weighted by Gasteiger charge is 2.31. The molecule has 0 unspecified atom stereocenters. The molecule has 1 saturated heterocycles. The monoisotopic (exact) mass is 493 g/mol. The fourth-order valence-electron chi connectivity index (χ4n) is 4.40. The smallest absolute Gasteiger partial charge is 0.338 e. The third-order valence-electron chi connectivity index (χ3n) is 6.23. The van der Waals surface area contributed by atoms with Crippen LogP contribution in [-0.2, 0) is 16.0 Å². The van der Waals surface area contributed by atoms with Gasteiger partial charge in [-0.1, -0.05) is 42.5 Å². The topological polar surface area (TPSA) is 80.8 Å². The quantitative estimate of drug-likeness (QED) is 0.349. The lowest BCUT2D eigenvalue weighted by atomic mass is 9.95. The van der Waals surface area contributed by atoms with Crippen LogP contribution in [0.4, 0.5) is 11.4 Å². The molecule has 1 aliphatic rings. The molecule has 0 atom stereocenters. The summed E-state index contributed by atoms with van der Waals surface area (Å²) in [7, 11) is 1.40. The minimum Gasteiger partial charge on any atom is -0.487 e. The van der Waals surface area contributed by atoms with E-state index in [4.69, 9.17) is 9.47 Å². The number of methoxy groups -OCH3 is 1. The number of carbonyl (C=O) groups excluding carboxylic acids is 2. The van der Waals surface area contributed by atoms with Crippen molar-refractivity contribution in [3.8, 4) is 16.9 Å².